The van der Waals surface area contributed by atoms with Crippen molar-refractivity contribution < 1.29 is 9.47 Å². The first kappa shape index (κ1) is 14.0. The number of hydrogen-bond donors (Lipinski definition) is 1. The lowest BCUT2D eigenvalue weighted by Gasteiger charge is -2.20. The molecule has 3 rings (SSSR count). The summed E-state index contributed by atoms with van der Waals surface area (Å²) in [5.74, 6) is 1.61. The maximum absolute atomic E-state index is 6.33. The van der Waals surface area contributed by atoms with Crippen LogP contribution in [-0.2, 0) is 12.8 Å². The van der Waals surface area contributed by atoms with Gasteiger partial charge in [0.25, 0.3) is 0 Å². The van der Waals surface area contributed by atoms with E-state index in [0.717, 1.165) is 29.9 Å². The highest BCUT2D eigenvalue weighted by atomic mass is 16.6. The second-order valence-electron chi connectivity index (χ2n) is 5.38. The highest BCUT2D eigenvalue weighted by molar-refractivity contribution is 5.45. The molecule has 0 saturated carbocycles. The van der Waals surface area contributed by atoms with Gasteiger partial charge in [0.1, 0.15) is 13.2 Å². The topological polar surface area (TPSA) is 44.5 Å². The Labute approximate surface area is 125 Å². The van der Waals surface area contributed by atoms with Crippen molar-refractivity contribution in [3.05, 3.63) is 59.2 Å². The summed E-state index contributed by atoms with van der Waals surface area (Å²) >= 11 is 0. The maximum atomic E-state index is 6.33. The van der Waals surface area contributed by atoms with Crippen LogP contribution in [0.5, 0.6) is 11.5 Å². The average molecular weight is 283 g/mol. The molecule has 0 fully saturated rings. The van der Waals surface area contributed by atoms with Crippen molar-refractivity contribution in [1.82, 2.24) is 0 Å². The van der Waals surface area contributed by atoms with E-state index in [1.807, 2.05) is 18.2 Å². The lowest BCUT2D eigenvalue weighted by molar-refractivity contribution is 0.171. The summed E-state index contributed by atoms with van der Waals surface area (Å²) in [5, 5.41) is 0. The summed E-state index contributed by atoms with van der Waals surface area (Å²) in [6.07, 6.45) is 1.89. The number of benzene rings is 2. The molecule has 1 aliphatic rings. The summed E-state index contributed by atoms with van der Waals surface area (Å²) in [5.41, 5.74) is 10.0. The van der Waals surface area contributed by atoms with Crippen LogP contribution >= 0.6 is 0 Å². The lowest BCUT2D eigenvalue weighted by Crippen LogP contribution is -2.17. The third-order valence-electron chi connectivity index (χ3n) is 3.88. The summed E-state index contributed by atoms with van der Waals surface area (Å²) in [7, 11) is 0. The molecule has 0 saturated heterocycles. The molecule has 1 atom stereocenters. The normalized spacial score (nSPS) is 14.8. The minimum Gasteiger partial charge on any atom is -0.486 e. The van der Waals surface area contributed by atoms with Crippen molar-refractivity contribution in [2.75, 3.05) is 13.2 Å². The number of hydrogen-bond acceptors (Lipinski definition) is 3. The van der Waals surface area contributed by atoms with E-state index < -0.39 is 0 Å². The van der Waals surface area contributed by atoms with Gasteiger partial charge in [-0.05, 0) is 41.7 Å². The van der Waals surface area contributed by atoms with Crippen LogP contribution in [0.2, 0.25) is 0 Å². The van der Waals surface area contributed by atoms with Gasteiger partial charge in [0.2, 0.25) is 0 Å². The Balaban J connectivity index is 1.73. The third-order valence-corrected chi connectivity index (χ3v) is 3.88. The van der Waals surface area contributed by atoms with Crippen molar-refractivity contribution in [3.63, 3.8) is 0 Å². The lowest BCUT2D eigenvalue weighted by atomic mass is 9.98. The van der Waals surface area contributed by atoms with Gasteiger partial charge in [-0.3, -0.25) is 0 Å². The van der Waals surface area contributed by atoms with Crippen LogP contribution in [0.4, 0.5) is 0 Å². The molecule has 1 aliphatic heterocycles. The zero-order valence-electron chi connectivity index (χ0n) is 12.3. The van der Waals surface area contributed by atoms with Gasteiger partial charge in [0.15, 0.2) is 11.5 Å². The molecule has 0 bridgehead atoms. The molecule has 21 heavy (non-hydrogen) atoms. The number of ether oxygens (including phenoxy) is 2. The SMILES string of the molecule is CCc1ccc(CC(N)c2ccc3c(c2)OCCO3)cc1. The fraction of sp³-hybridized carbons (Fsp3) is 0.333. The Morgan fingerprint density at radius 1 is 0.952 bits per heavy atom. The van der Waals surface area contributed by atoms with Gasteiger partial charge in [0.05, 0.1) is 0 Å². The van der Waals surface area contributed by atoms with E-state index in [-0.39, 0.29) is 6.04 Å². The second kappa shape index (κ2) is 6.19. The summed E-state index contributed by atoms with van der Waals surface area (Å²) in [6.45, 7) is 3.38. The van der Waals surface area contributed by atoms with E-state index in [4.69, 9.17) is 15.2 Å². The molecule has 0 amide bonds. The predicted octanol–water partition coefficient (Wildman–Crippen LogP) is 3.26. The summed E-state index contributed by atoms with van der Waals surface area (Å²) in [6, 6.07) is 14.6. The van der Waals surface area contributed by atoms with Crippen LogP contribution in [0.1, 0.15) is 29.7 Å². The van der Waals surface area contributed by atoms with Gasteiger partial charge in [-0.25, -0.2) is 0 Å². The van der Waals surface area contributed by atoms with Crippen LogP contribution in [0, 0.1) is 0 Å². The van der Waals surface area contributed by atoms with Crippen molar-refractivity contribution in [3.8, 4) is 11.5 Å². The highest BCUT2D eigenvalue weighted by Gasteiger charge is 2.15. The predicted molar refractivity (Wildman–Crippen MR) is 83.9 cm³/mol. The van der Waals surface area contributed by atoms with Crippen LogP contribution in [-0.4, -0.2) is 13.2 Å². The molecule has 0 aromatic heterocycles. The smallest absolute Gasteiger partial charge is 0.161 e. The van der Waals surface area contributed by atoms with Gasteiger partial charge in [-0.15, -0.1) is 0 Å². The van der Waals surface area contributed by atoms with E-state index in [1.54, 1.807) is 0 Å². The Morgan fingerprint density at radius 3 is 2.33 bits per heavy atom. The minimum atomic E-state index is -0.0340. The van der Waals surface area contributed by atoms with E-state index in [1.165, 1.54) is 11.1 Å². The minimum absolute atomic E-state index is 0.0340. The average Bonchev–Trinajstić information content (AvgIpc) is 2.55. The Bertz CT molecular complexity index is 607. The van der Waals surface area contributed by atoms with Gasteiger partial charge in [-0.1, -0.05) is 37.3 Å². The molecule has 2 N–H and O–H groups in total. The van der Waals surface area contributed by atoms with E-state index in [9.17, 15) is 0 Å². The zero-order chi connectivity index (χ0) is 14.7. The zero-order valence-corrected chi connectivity index (χ0v) is 12.3. The molecule has 110 valence electrons. The molecule has 3 nitrogen and oxygen atoms in total. The molecule has 2 aromatic rings. The summed E-state index contributed by atoms with van der Waals surface area (Å²) < 4.78 is 11.2. The summed E-state index contributed by atoms with van der Waals surface area (Å²) in [4.78, 5) is 0. The molecule has 2 aromatic carbocycles. The number of rotatable bonds is 4. The molecule has 0 aliphatic carbocycles. The molecular formula is C18H21NO2. The van der Waals surface area contributed by atoms with Crippen LogP contribution in [0.3, 0.4) is 0 Å². The molecule has 0 radical (unpaired) electrons. The van der Waals surface area contributed by atoms with Crippen molar-refractivity contribution in [2.24, 2.45) is 5.73 Å². The van der Waals surface area contributed by atoms with Gasteiger partial charge < -0.3 is 15.2 Å². The Morgan fingerprint density at radius 2 is 1.62 bits per heavy atom. The van der Waals surface area contributed by atoms with Crippen LogP contribution in [0.15, 0.2) is 42.5 Å². The molecule has 1 unspecified atom stereocenters. The van der Waals surface area contributed by atoms with Crippen LogP contribution < -0.4 is 15.2 Å². The van der Waals surface area contributed by atoms with E-state index >= 15 is 0 Å². The van der Waals surface area contributed by atoms with Gasteiger partial charge in [-0.2, -0.15) is 0 Å². The van der Waals surface area contributed by atoms with Gasteiger partial charge >= 0.3 is 0 Å². The molecule has 1 heterocycles. The van der Waals surface area contributed by atoms with Gasteiger partial charge in [0, 0.05) is 6.04 Å². The molecular weight excluding hydrogens is 262 g/mol. The standard InChI is InChI=1S/C18H21NO2/c1-2-13-3-5-14(6-4-13)11-16(19)15-7-8-17-18(12-15)21-10-9-20-17/h3-8,12,16H,2,9-11,19H2,1H3. The Hall–Kier alpha value is -2.00. The van der Waals surface area contributed by atoms with Crippen LogP contribution in [0.25, 0.3) is 0 Å². The molecule has 3 heteroatoms. The van der Waals surface area contributed by atoms with Crippen molar-refractivity contribution >= 4 is 0 Å². The maximum Gasteiger partial charge on any atom is 0.161 e. The third kappa shape index (κ3) is 3.19. The largest absolute Gasteiger partial charge is 0.486 e. The fourth-order valence-corrected chi connectivity index (χ4v) is 2.57. The quantitative estimate of drug-likeness (QED) is 0.936. The first-order valence-corrected chi connectivity index (χ1v) is 7.49. The number of nitrogens with two attached hydrogens (primary N) is 1. The van der Waals surface area contributed by atoms with Crippen molar-refractivity contribution in [2.45, 2.75) is 25.8 Å². The van der Waals surface area contributed by atoms with Crippen molar-refractivity contribution in [1.29, 1.82) is 0 Å². The first-order valence-electron chi connectivity index (χ1n) is 7.49. The number of fused-ring (bicyclic) bond motifs is 1. The second-order valence-corrected chi connectivity index (χ2v) is 5.38. The van der Waals surface area contributed by atoms with E-state index in [0.29, 0.717) is 13.2 Å². The fourth-order valence-electron chi connectivity index (χ4n) is 2.57. The highest BCUT2D eigenvalue weighted by Crippen LogP contribution is 2.32. The monoisotopic (exact) mass is 283 g/mol. The first-order chi connectivity index (χ1) is 10.3. The van der Waals surface area contributed by atoms with E-state index in [2.05, 4.69) is 31.2 Å². The molecule has 0 spiro atoms. The Kier molecular flexibility index (Phi) is 4.11. The number of aryl methyl sites for hydroxylation is 1.